The second kappa shape index (κ2) is 10.4. The van der Waals surface area contributed by atoms with Gasteiger partial charge in [-0.15, -0.1) is 0 Å². The number of piperidine rings is 1. The van der Waals surface area contributed by atoms with Crippen molar-refractivity contribution >= 4 is 16.1 Å². The number of sulfonamides is 1. The molecule has 9 heteroatoms. The van der Waals surface area contributed by atoms with Crippen LogP contribution in [-0.4, -0.2) is 57.9 Å². The summed E-state index contributed by atoms with van der Waals surface area (Å²) in [4.78, 5) is 14.9. The lowest BCUT2D eigenvalue weighted by Gasteiger charge is -2.40. The van der Waals surface area contributed by atoms with Crippen molar-refractivity contribution in [2.75, 3.05) is 26.8 Å². The molecule has 1 N–H and O–H groups in total. The summed E-state index contributed by atoms with van der Waals surface area (Å²) in [6.07, 6.45) is 4.92. The van der Waals surface area contributed by atoms with Crippen LogP contribution in [0.3, 0.4) is 0 Å². The summed E-state index contributed by atoms with van der Waals surface area (Å²) in [5, 5.41) is 0. The Balaban J connectivity index is 2.01. The molecule has 2 aliphatic heterocycles. The first-order valence-corrected chi connectivity index (χ1v) is 12.9. The second-order valence-corrected chi connectivity index (χ2v) is 11.3. The molecule has 0 radical (unpaired) electrons. The van der Waals surface area contributed by atoms with Crippen molar-refractivity contribution in [3.05, 3.63) is 23.8 Å². The third kappa shape index (κ3) is 6.36. The Hall–Kier alpha value is -1.84. The van der Waals surface area contributed by atoms with Gasteiger partial charge in [-0.3, -0.25) is 0 Å². The predicted molar refractivity (Wildman–Crippen MR) is 121 cm³/mol. The van der Waals surface area contributed by atoms with Gasteiger partial charge < -0.3 is 19.1 Å². The first kappa shape index (κ1) is 24.8. The molecule has 1 aromatic carbocycles. The molecule has 0 aromatic heterocycles. The molecule has 2 bridgehead atoms. The molecule has 0 unspecified atom stereocenters. The molecule has 1 saturated heterocycles. The fourth-order valence-electron chi connectivity index (χ4n) is 4.11. The highest BCUT2D eigenvalue weighted by Gasteiger charge is 2.37. The van der Waals surface area contributed by atoms with Crippen LogP contribution < -0.4 is 9.46 Å². The summed E-state index contributed by atoms with van der Waals surface area (Å²) in [5.41, 5.74) is 0.163. The third-order valence-corrected chi connectivity index (χ3v) is 7.17. The van der Waals surface area contributed by atoms with Gasteiger partial charge >= 0.3 is 6.09 Å². The van der Waals surface area contributed by atoms with Crippen molar-refractivity contribution in [1.29, 1.82) is 0 Å². The van der Waals surface area contributed by atoms with Crippen LogP contribution in [0.25, 0.3) is 0 Å². The summed E-state index contributed by atoms with van der Waals surface area (Å²) < 4.78 is 45.0. The number of carbonyl (C=O) groups is 1. The van der Waals surface area contributed by atoms with Gasteiger partial charge in [0.15, 0.2) is 0 Å². The largest absolute Gasteiger partial charge is 0.493 e. The number of nitrogens with one attached hydrogen (secondary N) is 1. The van der Waals surface area contributed by atoms with Crippen molar-refractivity contribution in [3.63, 3.8) is 0 Å². The minimum atomic E-state index is -3.62. The van der Waals surface area contributed by atoms with Crippen LogP contribution >= 0.6 is 0 Å². The normalized spacial score (nSPS) is 23.1. The maximum absolute atomic E-state index is 13.0. The summed E-state index contributed by atoms with van der Waals surface area (Å²) >= 11 is 0. The summed E-state index contributed by atoms with van der Waals surface area (Å²) in [6.45, 7) is 7.22. The number of carbonyl (C=O) groups excluding carboxylic acids is 1. The molecule has 2 aliphatic rings. The lowest BCUT2D eigenvalue weighted by Crippen LogP contribution is -2.45. The quantitative estimate of drug-likeness (QED) is 0.705. The van der Waals surface area contributed by atoms with Gasteiger partial charge in [-0.1, -0.05) is 12.5 Å². The van der Waals surface area contributed by atoms with E-state index in [1.165, 1.54) is 7.05 Å². The lowest BCUT2D eigenvalue weighted by atomic mass is 9.92. The minimum absolute atomic E-state index is 0.0213. The minimum Gasteiger partial charge on any atom is -0.493 e. The van der Waals surface area contributed by atoms with Crippen molar-refractivity contribution < 1.29 is 27.4 Å². The molecule has 1 aromatic rings. The first-order valence-electron chi connectivity index (χ1n) is 11.4. The number of benzene rings is 1. The van der Waals surface area contributed by atoms with Gasteiger partial charge in [0, 0.05) is 24.8 Å². The van der Waals surface area contributed by atoms with Crippen LogP contribution in [0.15, 0.2) is 23.1 Å². The number of amides is 1. The van der Waals surface area contributed by atoms with Crippen LogP contribution in [0.1, 0.15) is 70.9 Å². The molecular weight excluding hydrogens is 432 g/mol. The second-order valence-electron chi connectivity index (χ2n) is 9.38. The smallest absolute Gasteiger partial charge is 0.410 e. The number of hydrogen-bond donors (Lipinski definition) is 1. The van der Waals surface area contributed by atoms with Gasteiger partial charge in [-0.25, -0.2) is 17.9 Å². The molecule has 2 atom stereocenters. The Bertz CT molecular complexity index is 896. The average Bonchev–Trinajstić information content (AvgIpc) is 2.74. The molecule has 180 valence electrons. The molecule has 2 heterocycles. The third-order valence-electron chi connectivity index (χ3n) is 5.76. The van der Waals surface area contributed by atoms with E-state index in [-0.39, 0.29) is 23.1 Å². The maximum Gasteiger partial charge on any atom is 0.410 e. The zero-order chi connectivity index (χ0) is 23.4. The monoisotopic (exact) mass is 468 g/mol. The van der Waals surface area contributed by atoms with Gasteiger partial charge in [-0.05, 0) is 66.0 Å². The van der Waals surface area contributed by atoms with E-state index in [0.717, 1.165) is 37.7 Å². The van der Waals surface area contributed by atoms with Crippen molar-refractivity contribution in [3.8, 4) is 5.75 Å². The van der Waals surface area contributed by atoms with Crippen molar-refractivity contribution in [2.45, 2.75) is 81.9 Å². The van der Waals surface area contributed by atoms with Crippen molar-refractivity contribution in [1.82, 2.24) is 9.62 Å². The lowest BCUT2D eigenvalue weighted by molar-refractivity contribution is -0.0324. The highest BCUT2D eigenvalue weighted by Crippen LogP contribution is 2.39. The van der Waals surface area contributed by atoms with Crippen LogP contribution in [0.2, 0.25) is 0 Å². The molecule has 0 saturated carbocycles. The average molecular weight is 469 g/mol. The van der Waals surface area contributed by atoms with E-state index in [4.69, 9.17) is 14.2 Å². The molecule has 3 rings (SSSR count). The van der Waals surface area contributed by atoms with Crippen LogP contribution in [0, 0.1) is 0 Å². The van der Waals surface area contributed by atoms with E-state index in [2.05, 4.69) is 4.72 Å². The molecule has 0 spiro atoms. The molecule has 32 heavy (non-hydrogen) atoms. The van der Waals surface area contributed by atoms with E-state index in [1.807, 2.05) is 20.8 Å². The maximum atomic E-state index is 13.0. The molecule has 0 aliphatic carbocycles. The van der Waals surface area contributed by atoms with Crippen LogP contribution in [0.4, 0.5) is 4.79 Å². The zero-order valence-electron chi connectivity index (χ0n) is 19.6. The first-order chi connectivity index (χ1) is 15.1. The molecular formula is C23H36N2O6S. The van der Waals surface area contributed by atoms with E-state index in [0.29, 0.717) is 31.9 Å². The number of nitrogens with zero attached hydrogens (tertiary/aromatic N) is 1. The topological polar surface area (TPSA) is 94.2 Å². The Morgan fingerprint density at radius 1 is 1.16 bits per heavy atom. The number of ether oxygens (including phenoxy) is 3. The number of hydrogen-bond acceptors (Lipinski definition) is 6. The van der Waals surface area contributed by atoms with Crippen LogP contribution in [0.5, 0.6) is 5.75 Å². The summed E-state index contributed by atoms with van der Waals surface area (Å²) in [5.74, 6) is 0.486. The predicted octanol–water partition coefficient (Wildman–Crippen LogP) is 4.00. The fourth-order valence-corrected chi connectivity index (χ4v) is 4.85. The highest BCUT2D eigenvalue weighted by atomic mass is 32.2. The summed E-state index contributed by atoms with van der Waals surface area (Å²) in [7, 11) is -2.24. The van der Waals surface area contributed by atoms with Gasteiger partial charge in [0.1, 0.15) is 11.4 Å². The number of fused-ring (bicyclic) bond motifs is 4. The Morgan fingerprint density at radius 3 is 2.56 bits per heavy atom. The highest BCUT2D eigenvalue weighted by molar-refractivity contribution is 7.89. The number of likely N-dealkylation sites (tertiary alicyclic amines) is 1. The Kier molecular flexibility index (Phi) is 8.06. The van der Waals surface area contributed by atoms with Gasteiger partial charge in [-0.2, -0.15) is 0 Å². The molecule has 1 fully saturated rings. The van der Waals surface area contributed by atoms with E-state index in [9.17, 15) is 13.2 Å². The van der Waals surface area contributed by atoms with Gasteiger partial charge in [0.25, 0.3) is 0 Å². The molecule has 1 amide bonds. The van der Waals surface area contributed by atoms with E-state index in [1.54, 1.807) is 23.1 Å². The number of rotatable bonds is 2. The van der Waals surface area contributed by atoms with Gasteiger partial charge in [0.05, 0.1) is 23.6 Å². The Labute approximate surface area is 191 Å². The van der Waals surface area contributed by atoms with E-state index < -0.39 is 15.6 Å². The SMILES string of the molecule is CNS(=O)(=O)c1ccc2c(c1)OCCCCCCO[C@H]1CCN(C(=O)OC(C)(C)C)[C@H]2C1. The Morgan fingerprint density at radius 2 is 1.88 bits per heavy atom. The van der Waals surface area contributed by atoms with E-state index >= 15 is 0 Å². The zero-order valence-corrected chi connectivity index (χ0v) is 20.4. The van der Waals surface area contributed by atoms with Gasteiger partial charge in [0.2, 0.25) is 10.0 Å². The fraction of sp³-hybridized carbons (Fsp3) is 0.696. The van der Waals surface area contributed by atoms with Crippen LogP contribution in [-0.2, 0) is 19.5 Å². The molecule has 8 nitrogen and oxygen atoms in total. The standard InChI is InChI=1S/C23H36N2O6S/c1-23(2,3)31-22(26)25-12-11-17-15-20(25)19-10-9-18(32(27,28)24-4)16-21(19)30-14-8-6-5-7-13-29-17/h9-10,16-17,20,24H,5-8,11-15H2,1-4H3/t17-,20-/m0/s1. The van der Waals surface area contributed by atoms with Crippen molar-refractivity contribution in [2.24, 2.45) is 0 Å². The summed E-state index contributed by atoms with van der Waals surface area (Å²) in [6, 6.07) is 4.54.